The molecule has 0 aromatic heterocycles. The van der Waals surface area contributed by atoms with E-state index in [1.54, 1.807) is 0 Å². The van der Waals surface area contributed by atoms with Crippen molar-refractivity contribution in [3.8, 4) is 0 Å². The van der Waals surface area contributed by atoms with Gasteiger partial charge in [-0.25, -0.2) is 0 Å². The molecule has 15 nitrogen and oxygen atoms in total. The molecule has 17 heteroatoms. The first-order valence-electron chi connectivity index (χ1n) is 7.76. The van der Waals surface area contributed by atoms with Crippen molar-refractivity contribution in [2.24, 2.45) is 20.2 Å². The average Bonchev–Trinajstić information content (AvgIpc) is 3.15. The van der Waals surface area contributed by atoms with Gasteiger partial charge in [-0.2, -0.15) is 27.1 Å². The highest BCUT2D eigenvalue weighted by atomic mass is 32.3. The fourth-order valence-electron chi connectivity index (χ4n) is 2.06. The maximum atomic E-state index is 9.44. The van der Waals surface area contributed by atoms with Crippen LogP contribution in [0.25, 0.3) is 0 Å². The summed E-state index contributed by atoms with van der Waals surface area (Å²) in [5.41, 5.74) is -0.678. The molecule has 2 rings (SSSR count). The fourth-order valence-corrected chi connectivity index (χ4v) is 2.93. The summed E-state index contributed by atoms with van der Waals surface area (Å²) >= 11 is 0. The number of azo groups is 1. The Labute approximate surface area is 169 Å². The van der Waals surface area contributed by atoms with Gasteiger partial charge in [-0.15, -0.1) is 3.63 Å². The van der Waals surface area contributed by atoms with Crippen molar-refractivity contribution in [1.82, 2.24) is 9.80 Å². The third-order valence-electron chi connectivity index (χ3n) is 3.50. The van der Waals surface area contributed by atoms with Gasteiger partial charge < -0.3 is 20.8 Å². The summed E-state index contributed by atoms with van der Waals surface area (Å²) in [5, 5.41) is 9.02. The molecule has 0 amide bonds. The number of aliphatic imine (C=N–C) groups is 2. The Morgan fingerprint density at radius 2 is 1.14 bits per heavy atom. The standard InChI is InChI=1S/C12H22N6.H2O7S2.2H2O/c1-11(2,17-7-5-13-9-17)15-16-12(3,4)18-8-6-14-10-18;1-8(2,3)7-9(4,5)6;;/h9-10H,5-8H2,1-4H3;(H,1,2,3)(H,4,5,6);2*1H2. The topological polar surface area (TPSA) is 237 Å². The van der Waals surface area contributed by atoms with Crippen molar-refractivity contribution in [3.05, 3.63) is 0 Å². The minimum Gasteiger partial charge on any atom is -0.412 e. The maximum Gasteiger partial charge on any atom is 0.413 e. The minimum absolute atomic E-state index is 0. The lowest BCUT2D eigenvalue weighted by molar-refractivity contribution is 0.192. The van der Waals surface area contributed by atoms with E-state index in [2.05, 4.69) is 61.3 Å². The van der Waals surface area contributed by atoms with Crippen molar-refractivity contribution in [2.45, 2.75) is 39.0 Å². The molecule has 2 aliphatic rings. The molecule has 0 aliphatic carbocycles. The summed E-state index contributed by atoms with van der Waals surface area (Å²) in [6.45, 7) is 11.8. The molecule has 0 unspecified atom stereocenters. The molecular weight excluding hydrogens is 436 g/mol. The van der Waals surface area contributed by atoms with Crippen LogP contribution in [0.15, 0.2) is 20.2 Å². The third kappa shape index (κ3) is 11.1. The summed E-state index contributed by atoms with van der Waals surface area (Å²) in [6, 6.07) is 0. The highest BCUT2D eigenvalue weighted by molar-refractivity contribution is 7.94. The quantitative estimate of drug-likeness (QED) is 0.345. The number of rotatable bonds is 6. The Bertz CT molecular complexity index is 742. The van der Waals surface area contributed by atoms with E-state index >= 15 is 0 Å². The van der Waals surface area contributed by atoms with Crippen molar-refractivity contribution >= 4 is 33.5 Å². The summed E-state index contributed by atoms with van der Waals surface area (Å²) in [4.78, 5) is 12.7. The van der Waals surface area contributed by atoms with Crippen LogP contribution in [-0.4, -0.2) is 96.9 Å². The molecule has 0 aromatic rings. The predicted octanol–water partition coefficient (Wildman–Crippen LogP) is -1.44. The molecule has 0 bridgehead atoms. The van der Waals surface area contributed by atoms with Crippen molar-refractivity contribution in [2.75, 3.05) is 26.2 Å². The summed E-state index contributed by atoms with van der Waals surface area (Å²) < 4.78 is 55.6. The van der Waals surface area contributed by atoms with Crippen LogP contribution in [0.1, 0.15) is 27.7 Å². The largest absolute Gasteiger partial charge is 0.413 e. The molecule has 0 spiro atoms. The molecule has 0 fully saturated rings. The normalized spacial score (nSPS) is 17.0. The molecule has 0 saturated heterocycles. The van der Waals surface area contributed by atoms with Gasteiger partial charge in [0.1, 0.15) is 11.3 Å². The van der Waals surface area contributed by atoms with Crippen molar-refractivity contribution in [3.63, 3.8) is 0 Å². The molecule has 0 saturated carbocycles. The van der Waals surface area contributed by atoms with Gasteiger partial charge in [-0.3, -0.25) is 19.1 Å². The number of nitrogens with zero attached hydrogens (tertiary/aromatic N) is 6. The van der Waals surface area contributed by atoms with E-state index in [1.165, 1.54) is 0 Å². The van der Waals surface area contributed by atoms with Gasteiger partial charge in [0.05, 0.1) is 25.8 Å². The van der Waals surface area contributed by atoms with Gasteiger partial charge in [0.15, 0.2) is 0 Å². The van der Waals surface area contributed by atoms with Gasteiger partial charge in [0, 0.05) is 13.1 Å². The molecule has 29 heavy (non-hydrogen) atoms. The third-order valence-corrected chi connectivity index (χ3v) is 4.87. The second-order valence-electron chi connectivity index (χ2n) is 6.54. The SMILES string of the molecule is CC(C)(N=NC(C)(C)N1C=NCC1)N1C=NCC1.O.O.O=S(=O)(O)OS(=O)(=O)O. The summed E-state index contributed by atoms with van der Waals surface area (Å²) in [5.74, 6) is 0. The highest BCUT2D eigenvalue weighted by Gasteiger charge is 2.30. The zero-order valence-corrected chi connectivity index (χ0v) is 18.1. The lowest BCUT2D eigenvalue weighted by Crippen LogP contribution is -2.43. The van der Waals surface area contributed by atoms with Crippen LogP contribution in [0.3, 0.4) is 0 Å². The monoisotopic (exact) mass is 464 g/mol. The van der Waals surface area contributed by atoms with E-state index < -0.39 is 20.8 Å². The molecule has 0 aromatic carbocycles. The van der Waals surface area contributed by atoms with E-state index in [-0.39, 0.29) is 22.3 Å². The van der Waals surface area contributed by atoms with E-state index in [1.807, 2.05) is 12.7 Å². The van der Waals surface area contributed by atoms with Gasteiger partial charge in [0.2, 0.25) is 0 Å². The van der Waals surface area contributed by atoms with Gasteiger partial charge >= 0.3 is 20.8 Å². The van der Waals surface area contributed by atoms with Crippen molar-refractivity contribution < 1.29 is 40.5 Å². The highest BCUT2D eigenvalue weighted by Crippen LogP contribution is 2.22. The zero-order chi connectivity index (χ0) is 20.9. The van der Waals surface area contributed by atoms with Crippen LogP contribution in [0, 0.1) is 0 Å². The van der Waals surface area contributed by atoms with Gasteiger partial charge in [-0.05, 0) is 27.7 Å². The lowest BCUT2D eigenvalue weighted by atomic mass is 10.2. The molecule has 0 radical (unpaired) electrons. The van der Waals surface area contributed by atoms with Crippen molar-refractivity contribution in [1.29, 1.82) is 0 Å². The van der Waals surface area contributed by atoms with Crippen LogP contribution in [0.4, 0.5) is 0 Å². The molecule has 172 valence electrons. The Balaban J connectivity index is 0. The van der Waals surface area contributed by atoms with Crippen LogP contribution in [0.2, 0.25) is 0 Å². The Hall–Kier alpha value is -1.76. The lowest BCUT2D eigenvalue weighted by Gasteiger charge is -2.33. The average molecular weight is 465 g/mol. The smallest absolute Gasteiger partial charge is 0.412 e. The number of hydrogen-bond donors (Lipinski definition) is 2. The van der Waals surface area contributed by atoms with E-state index in [0.29, 0.717) is 0 Å². The van der Waals surface area contributed by atoms with Crippen LogP contribution >= 0.6 is 0 Å². The Kier molecular flexibility index (Phi) is 11.0. The number of hydrogen-bond acceptors (Lipinski definition) is 11. The zero-order valence-electron chi connectivity index (χ0n) is 16.4. The van der Waals surface area contributed by atoms with Gasteiger partial charge in [-0.1, -0.05) is 0 Å². The first-order valence-corrected chi connectivity index (χ1v) is 10.5. The Morgan fingerprint density at radius 1 is 0.828 bits per heavy atom. The molecule has 2 aliphatic heterocycles. The molecule has 6 N–H and O–H groups in total. The fraction of sp³-hybridized carbons (Fsp3) is 0.833. The second-order valence-corrected chi connectivity index (χ2v) is 8.80. The first kappa shape index (κ1) is 29.4. The van der Waals surface area contributed by atoms with E-state index in [4.69, 9.17) is 9.11 Å². The minimum atomic E-state index is -5.12. The van der Waals surface area contributed by atoms with E-state index in [9.17, 15) is 16.8 Å². The first-order chi connectivity index (χ1) is 12.1. The Morgan fingerprint density at radius 3 is 1.31 bits per heavy atom. The molecule has 2 heterocycles. The van der Waals surface area contributed by atoms with E-state index in [0.717, 1.165) is 26.2 Å². The molecular formula is C12H28N6O9S2. The summed E-state index contributed by atoms with van der Waals surface area (Å²) in [7, 11) is -10.2. The second kappa shape index (κ2) is 10.9. The molecule has 0 atom stereocenters. The van der Waals surface area contributed by atoms with Crippen LogP contribution in [0.5, 0.6) is 0 Å². The summed E-state index contributed by atoms with van der Waals surface area (Å²) in [6.07, 6.45) is 3.73. The van der Waals surface area contributed by atoms with Crippen LogP contribution in [-0.2, 0) is 24.4 Å². The predicted molar refractivity (Wildman–Crippen MR) is 105 cm³/mol. The maximum absolute atomic E-state index is 9.44. The van der Waals surface area contributed by atoms with Crippen LogP contribution < -0.4 is 0 Å². The van der Waals surface area contributed by atoms with Gasteiger partial charge in [0.25, 0.3) is 0 Å².